The van der Waals surface area contributed by atoms with E-state index in [2.05, 4.69) is 16.4 Å². The standard InChI is InChI=1S/C13H16N2O.C4H8O/c1-2-6-13(16)15-12(9-10-14-15)11-7-4-3-5-8-11;1-3-5-4-2/h3-5,7-8,10,12H,2,6,9H2,1H3;3H,1,4H2,2H3. The van der Waals surface area contributed by atoms with E-state index in [0.29, 0.717) is 6.42 Å². The number of hydrogen-bond acceptors (Lipinski definition) is 3. The van der Waals surface area contributed by atoms with Crippen molar-refractivity contribution in [3.8, 4) is 0 Å². The lowest BCUT2D eigenvalue weighted by atomic mass is 10.0. The van der Waals surface area contributed by atoms with Crippen LogP contribution in [0.15, 0.2) is 48.3 Å². The van der Waals surface area contributed by atoms with Gasteiger partial charge in [0.25, 0.3) is 0 Å². The fourth-order valence-corrected chi connectivity index (χ4v) is 2.05. The van der Waals surface area contributed by atoms with Crippen molar-refractivity contribution in [1.29, 1.82) is 0 Å². The van der Waals surface area contributed by atoms with Gasteiger partial charge in [0.2, 0.25) is 5.91 Å². The second-order valence-corrected chi connectivity index (χ2v) is 4.57. The van der Waals surface area contributed by atoms with Crippen LogP contribution in [0.3, 0.4) is 0 Å². The van der Waals surface area contributed by atoms with E-state index in [1.165, 1.54) is 6.26 Å². The van der Waals surface area contributed by atoms with Crippen molar-refractivity contribution in [1.82, 2.24) is 5.01 Å². The van der Waals surface area contributed by atoms with Crippen LogP contribution in [0.2, 0.25) is 0 Å². The highest BCUT2D eigenvalue weighted by Gasteiger charge is 2.26. The average Bonchev–Trinajstić information content (AvgIpc) is 2.99. The normalized spacial score (nSPS) is 16.1. The first kappa shape index (κ1) is 17.0. The van der Waals surface area contributed by atoms with Crippen LogP contribution in [-0.2, 0) is 9.53 Å². The van der Waals surface area contributed by atoms with Gasteiger partial charge in [0, 0.05) is 19.1 Å². The van der Waals surface area contributed by atoms with Crippen molar-refractivity contribution in [3.63, 3.8) is 0 Å². The number of benzene rings is 1. The molecule has 0 spiro atoms. The van der Waals surface area contributed by atoms with Crippen LogP contribution in [0.4, 0.5) is 0 Å². The molecule has 1 atom stereocenters. The summed E-state index contributed by atoms with van der Waals surface area (Å²) in [5.74, 6) is 0.116. The van der Waals surface area contributed by atoms with Crippen molar-refractivity contribution in [3.05, 3.63) is 48.7 Å². The van der Waals surface area contributed by atoms with Crippen LogP contribution in [0.1, 0.15) is 44.7 Å². The molecule has 0 bridgehead atoms. The first-order valence-electron chi connectivity index (χ1n) is 7.36. The molecular formula is C17H24N2O2. The van der Waals surface area contributed by atoms with Crippen LogP contribution in [0, 0.1) is 0 Å². The second kappa shape index (κ2) is 9.75. The van der Waals surface area contributed by atoms with Gasteiger partial charge in [-0.2, -0.15) is 5.10 Å². The minimum Gasteiger partial charge on any atom is -0.502 e. The molecular weight excluding hydrogens is 264 g/mol. The molecule has 0 fully saturated rings. The minimum atomic E-state index is 0.0975. The third kappa shape index (κ3) is 5.42. The Morgan fingerprint density at radius 2 is 2.14 bits per heavy atom. The Kier molecular flexibility index (Phi) is 7.87. The van der Waals surface area contributed by atoms with Gasteiger partial charge in [-0.1, -0.05) is 43.8 Å². The van der Waals surface area contributed by atoms with Crippen LogP contribution in [0.5, 0.6) is 0 Å². The van der Waals surface area contributed by atoms with Gasteiger partial charge in [-0.15, -0.1) is 0 Å². The molecule has 2 rings (SSSR count). The van der Waals surface area contributed by atoms with E-state index < -0.39 is 0 Å². The topological polar surface area (TPSA) is 41.9 Å². The van der Waals surface area contributed by atoms with Crippen molar-refractivity contribution < 1.29 is 9.53 Å². The van der Waals surface area contributed by atoms with Crippen LogP contribution in [-0.4, -0.2) is 23.7 Å². The van der Waals surface area contributed by atoms with Gasteiger partial charge in [-0.05, 0) is 18.9 Å². The maximum Gasteiger partial charge on any atom is 0.243 e. The summed E-state index contributed by atoms with van der Waals surface area (Å²) < 4.78 is 4.60. The third-order valence-corrected chi connectivity index (χ3v) is 3.02. The Morgan fingerprint density at radius 1 is 1.43 bits per heavy atom. The van der Waals surface area contributed by atoms with Gasteiger partial charge >= 0.3 is 0 Å². The Balaban J connectivity index is 0.000000383. The van der Waals surface area contributed by atoms with E-state index in [9.17, 15) is 4.79 Å². The van der Waals surface area contributed by atoms with Gasteiger partial charge in [-0.3, -0.25) is 4.79 Å². The highest BCUT2D eigenvalue weighted by Crippen LogP contribution is 2.28. The molecule has 0 saturated carbocycles. The smallest absolute Gasteiger partial charge is 0.243 e. The fraction of sp³-hybridized carbons (Fsp3) is 0.412. The first-order valence-corrected chi connectivity index (χ1v) is 7.36. The zero-order valence-corrected chi connectivity index (χ0v) is 12.9. The molecule has 0 N–H and O–H groups in total. The molecule has 1 aliphatic rings. The zero-order valence-electron chi connectivity index (χ0n) is 12.9. The molecule has 1 aromatic carbocycles. The van der Waals surface area contributed by atoms with Gasteiger partial charge in [-0.25, -0.2) is 5.01 Å². The summed E-state index contributed by atoms with van der Waals surface area (Å²) in [7, 11) is 0. The van der Waals surface area contributed by atoms with E-state index in [0.717, 1.165) is 25.0 Å². The highest BCUT2D eigenvalue weighted by molar-refractivity contribution is 5.79. The van der Waals surface area contributed by atoms with Gasteiger partial charge in [0.15, 0.2) is 0 Å². The average molecular weight is 288 g/mol. The van der Waals surface area contributed by atoms with Crippen molar-refractivity contribution in [2.45, 2.75) is 39.2 Å². The van der Waals surface area contributed by atoms with E-state index in [-0.39, 0.29) is 11.9 Å². The first-order chi connectivity index (χ1) is 10.2. The Bertz CT molecular complexity index is 457. The number of nitrogens with zero attached hydrogens (tertiary/aromatic N) is 2. The van der Waals surface area contributed by atoms with E-state index in [4.69, 9.17) is 0 Å². The highest BCUT2D eigenvalue weighted by atomic mass is 16.5. The molecule has 1 unspecified atom stereocenters. The second-order valence-electron chi connectivity index (χ2n) is 4.57. The lowest BCUT2D eigenvalue weighted by molar-refractivity contribution is -0.133. The van der Waals surface area contributed by atoms with Crippen molar-refractivity contribution >= 4 is 12.1 Å². The molecule has 0 aromatic heterocycles. The fourth-order valence-electron chi connectivity index (χ4n) is 2.05. The number of hydrazone groups is 1. The molecule has 21 heavy (non-hydrogen) atoms. The third-order valence-electron chi connectivity index (χ3n) is 3.02. The molecule has 1 aromatic rings. The van der Waals surface area contributed by atoms with E-state index in [1.54, 1.807) is 5.01 Å². The Labute approximate surface area is 127 Å². The van der Waals surface area contributed by atoms with E-state index in [1.807, 2.05) is 50.4 Å². The predicted molar refractivity (Wildman–Crippen MR) is 85.9 cm³/mol. The minimum absolute atomic E-state index is 0.0975. The molecule has 0 aliphatic carbocycles. The number of rotatable bonds is 5. The van der Waals surface area contributed by atoms with Crippen LogP contribution in [0.25, 0.3) is 0 Å². The molecule has 4 heteroatoms. The maximum absolute atomic E-state index is 11.8. The van der Waals surface area contributed by atoms with Gasteiger partial charge in [0.05, 0.1) is 18.9 Å². The Hall–Kier alpha value is -2.10. The summed E-state index contributed by atoms with van der Waals surface area (Å²) >= 11 is 0. The summed E-state index contributed by atoms with van der Waals surface area (Å²) in [5.41, 5.74) is 1.16. The molecule has 114 valence electrons. The predicted octanol–water partition coefficient (Wildman–Crippen LogP) is 3.91. The molecule has 1 aliphatic heterocycles. The summed E-state index contributed by atoms with van der Waals surface area (Å²) in [6.07, 6.45) is 5.51. The number of hydrogen-bond donors (Lipinski definition) is 0. The molecule has 0 radical (unpaired) electrons. The quantitative estimate of drug-likeness (QED) is 0.771. The zero-order chi connectivity index (χ0) is 15.5. The van der Waals surface area contributed by atoms with E-state index >= 15 is 0 Å². The monoisotopic (exact) mass is 288 g/mol. The summed E-state index contributed by atoms with van der Waals surface area (Å²) in [5, 5.41) is 5.79. The summed E-state index contributed by atoms with van der Waals surface area (Å²) in [6.45, 7) is 7.98. The number of carbonyl (C=O) groups excluding carboxylic acids is 1. The summed E-state index contributed by atoms with van der Waals surface area (Å²) in [4.78, 5) is 11.8. The van der Waals surface area contributed by atoms with Crippen LogP contribution < -0.4 is 0 Å². The number of carbonyl (C=O) groups is 1. The molecule has 4 nitrogen and oxygen atoms in total. The largest absolute Gasteiger partial charge is 0.502 e. The van der Waals surface area contributed by atoms with Crippen LogP contribution >= 0.6 is 0 Å². The summed E-state index contributed by atoms with van der Waals surface area (Å²) in [6, 6.07) is 10.2. The molecule has 0 saturated heterocycles. The number of amides is 1. The van der Waals surface area contributed by atoms with Gasteiger partial charge in [0.1, 0.15) is 0 Å². The molecule has 1 heterocycles. The lowest BCUT2D eigenvalue weighted by Crippen LogP contribution is -2.26. The SMILES string of the molecule is C=COCC.CCCC(=O)N1N=CCC1c1ccccc1. The maximum atomic E-state index is 11.8. The van der Waals surface area contributed by atoms with Gasteiger partial charge < -0.3 is 4.74 Å². The van der Waals surface area contributed by atoms with Crippen molar-refractivity contribution in [2.75, 3.05) is 6.61 Å². The number of ether oxygens (including phenoxy) is 1. The lowest BCUT2D eigenvalue weighted by Gasteiger charge is -2.21. The molecule has 1 amide bonds. The van der Waals surface area contributed by atoms with Crippen molar-refractivity contribution in [2.24, 2.45) is 5.10 Å². The Morgan fingerprint density at radius 3 is 2.67 bits per heavy atom.